The normalized spacial score (nSPS) is 31.1. The van der Waals surface area contributed by atoms with Gasteiger partial charge in [-0.1, -0.05) is 15.9 Å². The van der Waals surface area contributed by atoms with Crippen LogP contribution in [-0.4, -0.2) is 24.0 Å². The fraction of sp³-hybridized carbons (Fsp3) is 0.462. The van der Waals surface area contributed by atoms with Crippen molar-refractivity contribution in [2.75, 3.05) is 19.0 Å². The molecule has 2 aliphatic rings. The van der Waals surface area contributed by atoms with Gasteiger partial charge < -0.3 is 4.74 Å². The standard InChI is InChI=1S/C13H13BrFNOS/c1-8-16-13(7-17-5-9(13)6-18-8)11-4-10(14)2-3-12(11)15/h2-4,9H,5-7H2,1H3/t9-,13-/m1/s1. The zero-order valence-electron chi connectivity index (χ0n) is 9.95. The van der Waals surface area contributed by atoms with Gasteiger partial charge in [-0.25, -0.2) is 4.39 Å². The minimum Gasteiger partial charge on any atom is -0.378 e. The van der Waals surface area contributed by atoms with Crippen LogP contribution in [0.1, 0.15) is 12.5 Å². The molecule has 0 unspecified atom stereocenters. The van der Waals surface area contributed by atoms with Gasteiger partial charge in [0, 0.05) is 21.7 Å². The Balaban J connectivity index is 2.17. The molecule has 18 heavy (non-hydrogen) atoms. The Bertz CT molecular complexity index is 522. The molecule has 0 bridgehead atoms. The van der Waals surface area contributed by atoms with Gasteiger partial charge in [-0.05, 0) is 25.1 Å². The second-order valence-corrected chi connectivity index (χ2v) is 6.83. The van der Waals surface area contributed by atoms with E-state index in [1.165, 1.54) is 6.07 Å². The zero-order valence-corrected chi connectivity index (χ0v) is 12.4. The van der Waals surface area contributed by atoms with Gasteiger partial charge >= 0.3 is 0 Å². The van der Waals surface area contributed by atoms with E-state index < -0.39 is 5.54 Å². The fourth-order valence-electron chi connectivity index (χ4n) is 2.64. The summed E-state index contributed by atoms with van der Waals surface area (Å²) in [5, 5.41) is 1.01. The molecule has 0 N–H and O–H groups in total. The van der Waals surface area contributed by atoms with E-state index in [9.17, 15) is 4.39 Å². The number of nitrogens with zero attached hydrogens (tertiary/aromatic N) is 1. The van der Waals surface area contributed by atoms with E-state index in [-0.39, 0.29) is 11.7 Å². The Kier molecular flexibility index (Phi) is 3.24. The largest absolute Gasteiger partial charge is 0.378 e. The summed E-state index contributed by atoms with van der Waals surface area (Å²) in [5.74, 6) is 1.01. The van der Waals surface area contributed by atoms with Gasteiger partial charge in [0.05, 0.1) is 18.3 Å². The minimum absolute atomic E-state index is 0.197. The predicted octanol–water partition coefficient (Wildman–Crippen LogP) is 3.60. The summed E-state index contributed by atoms with van der Waals surface area (Å²) in [4.78, 5) is 4.74. The molecule has 2 nitrogen and oxygen atoms in total. The maximum atomic E-state index is 14.2. The van der Waals surface area contributed by atoms with Crippen molar-refractivity contribution in [2.45, 2.75) is 12.5 Å². The number of ether oxygens (including phenoxy) is 1. The average molecular weight is 330 g/mol. The van der Waals surface area contributed by atoms with Crippen LogP contribution in [0.5, 0.6) is 0 Å². The van der Waals surface area contributed by atoms with Crippen LogP contribution in [-0.2, 0) is 10.3 Å². The molecular formula is C13H13BrFNOS. The van der Waals surface area contributed by atoms with Crippen LogP contribution in [0.2, 0.25) is 0 Å². The molecule has 2 aliphatic heterocycles. The first-order valence-corrected chi connectivity index (χ1v) is 7.62. The molecule has 1 aromatic carbocycles. The molecule has 96 valence electrons. The number of aliphatic imine (C=N–C) groups is 1. The van der Waals surface area contributed by atoms with Crippen LogP contribution in [0.4, 0.5) is 4.39 Å². The maximum Gasteiger partial charge on any atom is 0.129 e. The van der Waals surface area contributed by atoms with Crippen molar-refractivity contribution in [1.82, 2.24) is 0 Å². The summed E-state index contributed by atoms with van der Waals surface area (Å²) in [6.45, 7) is 3.12. The van der Waals surface area contributed by atoms with E-state index in [1.807, 2.05) is 13.0 Å². The highest BCUT2D eigenvalue weighted by Gasteiger charge is 2.48. The first kappa shape index (κ1) is 12.6. The van der Waals surface area contributed by atoms with Gasteiger partial charge in [-0.2, -0.15) is 0 Å². The van der Waals surface area contributed by atoms with Crippen molar-refractivity contribution in [3.05, 3.63) is 34.1 Å². The first-order valence-electron chi connectivity index (χ1n) is 5.84. The van der Waals surface area contributed by atoms with Gasteiger partial charge in [0.25, 0.3) is 0 Å². The average Bonchev–Trinajstić information content (AvgIpc) is 2.76. The summed E-state index contributed by atoms with van der Waals surface area (Å²) < 4.78 is 20.6. The first-order chi connectivity index (χ1) is 8.62. The molecule has 3 rings (SSSR count). The quantitative estimate of drug-likeness (QED) is 0.785. The number of benzene rings is 1. The highest BCUT2D eigenvalue weighted by molar-refractivity contribution is 9.10. The lowest BCUT2D eigenvalue weighted by molar-refractivity contribution is 0.176. The molecule has 5 heteroatoms. The van der Waals surface area contributed by atoms with Gasteiger partial charge in [0.15, 0.2) is 0 Å². The molecule has 0 aromatic heterocycles. The number of rotatable bonds is 1. The Morgan fingerprint density at radius 3 is 3.22 bits per heavy atom. The zero-order chi connectivity index (χ0) is 12.8. The number of hydrogen-bond acceptors (Lipinski definition) is 3. The predicted molar refractivity (Wildman–Crippen MR) is 75.7 cm³/mol. The second kappa shape index (κ2) is 4.62. The van der Waals surface area contributed by atoms with Gasteiger partial charge in [0.1, 0.15) is 11.4 Å². The SMILES string of the molecule is CC1=N[C@]2(c3cc(Br)ccc3F)COC[C@@H]2CS1. The maximum absolute atomic E-state index is 14.2. The summed E-state index contributed by atoms with van der Waals surface area (Å²) in [7, 11) is 0. The van der Waals surface area contributed by atoms with Crippen LogP contribution < -0.4 is 0 Å². The van der Waals surface area contributed by atoms with E-state index in [1.54, 1.807) is 17.8 Å². The van der Waals surface area contributed by atoms with Crippen molar-refractivity contribution in [2.24, 2.45) is 10.9 Å². The highest BCUT2D eigenvalue weighted by Crippen LogP contribution is 2.46. The van der Waals surface area contributed by atoms with Crippen molar-refractivity contribution >= 4 is 32.7 Å². The Morgan fingerprint density at radius 1 is 1.56 bits per heavy atom. The third kappa shape index (κ3) is 1.92. The van der Waals surface area contributed by atoms with Crippen LogP contribution in [0.15, 0.2) is 27.7 Å². The molecule has 0 saturated carbocycles. The minimum atomic E-state index is -0.525. The van der Waals surface area contributed by atoms with Crippen molar-refractivity contribution < 1.29 is 9.13 Å². The van der Waals surface area contributed by atoms with Crippen molar-refractivity contribution in [3.8, 4) is 0 Å². The number of halogens is 2. The van der Waals surface area contributed by atoms with E-state index in [4.69, 9.17) is 9.73 Å². The van der Waals surface area contributed by atoms with E-state index in [0.29, 0.717) is 18.8 Å². The summed E-state index contributed by atoms with van der Waals surface area (Å²) in [6.07, 6.45) is 0. The molecule has 0 aliphatic carbocycles. The van der Waals surface area contributed by atoms with E-state index >= 15 is 0 Å². The van der Waals surface area contributed by atoms with Crippen molar-refractivity contribution in [1.29, 1.82) is 0 Å². The van der Waals surface area contributed by atoms with Crippen LogP contribution in [0, 0.1) is 11.7 Å². The highest BCUT2D eigenvalue weighted by atomic mass is 79.9. The molecule has 2 atom stereocenters. The number of hydrogen-bond donors (Lipinski definition) is 0. The molecule has 1 aromatic rings. The lowest BCUT2D eigenvalue weighted by atomic mass is 9.81. The smallest absolute Gasteiger partial charge is 0.129 e. The van der Waals surface area contributed by atoms with E-state index in [0.717, 1.165) is 15.3 Å². The number of fused-ring (bicyclic) bond motifs is 1. The Labute approximate surface area is 118 Å². The lowest BCUT2D eigenvalue weighted by Gasteiger charge is -2.34. The summed E-state index contributed by atoms with van der Waals surface area (Å²) >= 11 is 5.14. The second-order valence-electron chi connectivity index (χ2n) is 4.70. The molecule has 1 saturated heterocycles. The van der Waals surface area contributed by atoms with Crippen molar-refractivity contribution in [3.63, 3.8) is 0 Å². The third-order valence-electron chi connectivity index (χ3n) is 3.56. The van der Waals surface area contributed by atoms with Gasteiger partial charge in [-0.3, -0.25) is 4.99 Å². The molecule has 0 amide bonds. The lowest BCUT2D eigenvalue weighted by Crippen LogP contribution is -2.38. The topological polar surface area (TPSA) is 21.6 Å². The molecule has 0 spiro atoms. The Morgan fingerprint density at radius 2 is 2.39 bits per heavy atom. The van der Waals surface area contributed by atoms with Gasteiger partial charge in [-0.15, -0.1) is 11.8 Å². The third-order valence-corrected chi connectivity index (χ3v) is 5.13. The van der Waals surface area contributed by atoms with Gasteiger partial charge in [0.2, 0.25) is 0 Å². The monoisotopic (exact) mass is 329 g/mol. The molecular weight excluding hydrogens is 317 g/mol. The van der Waals surface area contributed by atoms with Crippen LogP contribution in [0.25, 0.3) is 0 Å². The van der Waals surface area contributed by atoms with Crippen LogP contribution in [0.3, 0.4) is 0 Å². The Hall–Kier alpha value is -0.390. The molecule has 2 heterocycles. The van der Waals surface area contributed by atoms with E-state index in [2.05, 4.69) is 15.9 Å². The molecule has 1 fully saturated rings. The summed E-state index contributed by atoms with van der Waals surface area (Å²) in [6, 6.07) is 5.05. The summed E-state index contributed by atoms with van der Waals surface area (Å²) in [5.41, 5.74) is 0.127. The number of thioether (sulfide) groups is 1. The van der Waals surface area contributed by atoms with Crippen LogP contribution >= 0.6 is 27.7 Å². The fourth-order valence-corrected chi connectivity index (χ4v) is 4.05. The molecule has 0 radical (unpaired) electrons.